The second-order valence-corrected chi connectivity index (χ2v) is 4.73. The van der Waals surface area contributed by atoms with Gasteiger partial charge in [-0.05, 0) is 25.1 Å². The molecule has 0 N–H and O–H groups in total. The van der Waals surface area contributed by atoms with Gasteiger partial charge in [0.1, 0.15) is 0 Å². The molecular weight excluding hydrogens is 261 g/mol. The van der Waals surface area contributed by atoms with Gasteiger partial charge in [-0.25, -0.2) is 0 Å². The lowest BCUT2D eigenvalue weighted by Crippen LogP contribution is -2.06. The highest BCUT2D eigenvalue weighted by Crippen LogP contribution is 2.33. The molecule has 2 heterocycles. The van der Waals surface area contributed by atoms with Gasteiger partial charge in [0.25, 0.3) is 0 Å². The highest BCUT2D eigenvalue weighted by atomic mass is 32.1. The third-order valence-electron chi connectivity index (χ3n) is 2.16. The normalized spacial score (nSPS) is 11.1. The summed E-state index contributed by atoms with van der Waals surface area (Å²) in [5.41, 5.74) is -0.360. The number of halogens is 3. The fourth-order valence-electron chi connectivity index (χ4n) is 1.41. The first-order valence-corrected chi connectivity index (χ1v) is 6.37. The number of hydrogen-bond acceptors (Lipinski definition) is 2. The summed E-state index contributed by atoms with van der Waals surface area (Å²) in [5.74, 6) is 0. The number of thiophene rings is 1. The molecular formula is C12H15F3N2S. The summed E-state index contributed by atoms with van der Waals surface area (Å²) < 4.78 is 38.5. The zero-order valence-electron chi connectivity index (χ0n) is 10.7. The molecule has 6 heteroatoms. The van der Waals surface area contributed by atoms with E-state index in [0.717, 1.165) is 15.8 Å². The molecule has 18 heavy (non-hydrogen) atoms. The van der Waals surface area contributed by atoms with Crippen LogP contribution in [-0.2, 0) is 13.2 Å². The smallest absolute Gasteiger partial charge is 0.267 e. The molecule has 0 bridgehead atoms. The predicted molar refractivity (Wildman–Crippen MR) is 67.6 cm³/mol. The quantitative estimate of drug-likeness (QED) is 0.749. The second-order valence-electron chi connectivity index (χ2n) is 3.45. The van der Waals surface area contributed by atoms with Crippen molar-refractivity contribution in [1.82, 2.24) is 9.78 Å². The van der Waals surface area contributed by atoms with E-state index in [1.807, 2.05) is 26.8 Å². The van der Waals surface area contributed by atoms with Gasteiger partial charge in [-0.3, -0.25) is 4.68 Å². The number of aryl methyl sites for hydroxylation is 2. The molecule has 0 saturated heterocycles. The van der Waals surface area contributed by atoms with E-state index in [1.54, 1.807) is 6.07 Å². The molecule has 0 aliphatic carbocycles. The second kappa shape index (κ2) is 5.56. The van der Waals surface area contributed by atoms with Crippen LogP contribution >= 0.6 is 11.3 Å². The molecule has 2 nitrogen and oxygen atoms in total. The number of nitrogens with zero attached hydrogens (tertiary/aromatic N) is 2. The number of hydrogen-bond donors (Lipinski definition) is 0. The highest BCUT2D eigenvalue weighted by molar-refractivity contribution is 7.15. The average molecular weight is 276 g/mol. The summed E-state index contributed by atoms with van der Waals surface area (Å²) in [6.07, 6.45) is -4.39. The Bertz CT molecular complexity index is 512. The molecule has 0 aromatic carbocycles. The summed E-state index contributed by atoms with van der Waals surface area (Å²) in [6, 6.07) is 4.75. The Balaban J connectivity index is 0.000000771. The lowest BCUT2D eigenvalue weighted by Gasteiger charge is -1.98. The minimum atomic E-state index is -4.39. The molecule has 0 saturated carbocycles. The van der Waals surface area contributed by atoms with Crippen LogP contribution in [-0.4, -0.2) is 9.78 Å². The molecule has 2 aromatic rings. The zero-order valence-corrected chi connectivity index (χ0v) is 11.5. The van der Waals surface area contributed by atoms with Gasteiger partial charge in [0.2, 0.25) is 0 Å². The Morgan fingerprint density at radius 3 is 2.22 bits per heavy atom. The maximum absolute atomic E-state index is 12.4. The maximum Gasteiger partial charge on any atom is 0.435 e. The maximum atomic E-state index is 12.4. The highest BCUT2D eigenvalue weighted by Gasteiger charge is 2.34. The Morgan fingerprint density at radius 2 is 1.83 bits per heavy atom. The van der Waals surface area contributed by atoms with Gasteiger partial charge in [0.15, 0.2) is 5.69 Å². The Kier molecular flexibility index (Phi) is 4.56. The van der Waals surface area contributed by atoms with E-state index in [2.05, 4.69) is 5.10 Å². The molecule has 0 fully saturated rings. The summed E-state index contributed by atoms with van der Waals surface area (Å²) in [5, 5.41) is 3.47. The standard InChI is InChI=1S/C10H9F3N2S.C2H6/c1-6-3-4-8(16-6)7-5-9(10(11,12)13)14-15(7)2;1-2/h3-5H,1-2H3;1-2H3. The van der Waals surface area contributed by atoms with Gasteiger partial charge < -0.3 is 0 Å². The molecule has 0 unspecified atom stereocenters. The van der Waals surface area contributed by atoms with E-state index in [-0.39, 0.29) is 0 Å². The Labute approximate surface area is 108 Å². The van der Waals surface area contributed by atoms with Gasteiger partial charge in [0, 0.05) is 11.9 Å². The molecule has 0 amide bonds. The van der Waals surface area contributed by atoms with E-state index in [1.165, 1.54) is 23.1 Å². The topological polar surface area (TPSA) is 17.8 Å². The SMILES string of the molecule is CC.Cc1ccc(-c2cc(C(F)(F)F)nn2C)s1. The first-order chi connectivity index (χ1) is 8.38. The fourth-order valence-corrected chi connectivity index (χ4v) is 2.32. The van der Waals surface area contributed by atoms with Crippen LogP contribution in [0.3, 0.4) is 0 Å². The van der Waals surface area contributed by atoms with Crippen LogP contribution in [0.25, 0.3) is 10.6 Å². The van der Waals surface area contributed by atoms with Crippen LogP contribution < -0.4 is 0 Å². The fraction of sp³-hybridized carbons (Fsp3) is 0.417. The van der Waals surface area contributed by atoms with Crippen molar-refractivity contribution in [3.8, 4) is 10.6 Å². The van der Waals surface area contributed by atoms with Crippen molar-refractivity contribution in [2.45, 2.75) is 26.9 Å². The molecule has 2 aromatic heterocycles. The summed E-state index contributed by atoms with van der Waals surface area (Å²) in [6.45, 7) is 5.91. The van der Waals surface area contributed by atoms with Crippen molar-refractivity contribution in [2.75, 3.05) is 0 Å². The monoisotopic (exact) mass is 276 g/mol. The van der Waals surface area contributed by atoms with Crippen molar-refractivity contribution >= 4 is 11.3 Å². The number of rotatable bonds is 1. The van der Waals surface area contributed by atoms with E-state index in [9.17, 15) is 13.2 Å². The van der Waals surface area contributed by atoms with Gasteiger partial charge in [-0.1, -0.05) is 13.8 Å². The molecule has 0 spiro atoms. The van der Waals surface area contributed by atoms with Gasteiger partial charge in [-0.15, -0.1) is 11.3 Å². The van der Waals surface area contributed by atoms with Crippen LogP contribution in [0.2, 0.25) is 0 Å². The van der Waals surface area contributed by atoms with Crippen molar-refractivity contribution < 1.29 is 13.2 Å². The lowest BCUT2D eigenvalue weighted by molar-refractivity contribution is -0.141. The van der Waals surface area contributed by atoms with E-state index in [0.29, 0.717) is 5.69 Å². The Morgan fingerprint density at radius 1 is 1.22 bits per heavy atom. The van der Waals surface area contributed by atoms with Gasteiger partial charge in [0.05, 0.1) is 10.6 Å². The van der Waals surface area contributed by atoms with Crippen molar-refractivity contribution in [3.63, 3.8) is 0 Å². The average Bonchev–Trinajstić information content (AvgIpc) is 2.86. The van der Waals surface area contributed by atoms with Crippen LogP contribution in [0.1, 0.15) is 24.4 Å². The van der Waals surface area contributed by atoms with Gasteiger partial charge >= 0.3 is 6.18 Å². The summed E-state index contributed by atoms with van der Waals surface area (Å²) in [7, 11) is 1.51. The first kappa shape index (κ1) is 14.8. The molecule has 2 rings (SSSR count). The molecule has 100 valence electrons. The number of alkyl halides is 3. The lowest BCUT2D eigenvalue weighted by atomic mass is 10.3. The predicted octanol–water partition coefficient (Wildman–Crippen LogP) is 4.50. The third-order valence-corrected chi connectivity index (χ3v) is 3.19. The first-order valence-electron chi connectivity index (χ1n) is 5.56. The summed E-state index contributed by atoms with van der Waals surface area (Å²) >= 11 is 1.45. The largest absolute Gasteiger partial charge is 0.435 e. The Hall–Kier alpha value is -1.30. The van der Waals surface area contributed by atoms with Crippen LogP contribution in [0.15, 0.2) is 18.2 Å². The van der Waals surface area contributed by atoms with Crippen molar-refractivity contribution in [2.24, 2.45) is 7.05 Å². The van der Waals surface area contributed by atoms with E-state index in [4.69, 9.17) is 0 Å². The zero-order chi connectivity index (χ0) is 13.9. The number of aromatic nitrogens is 2. The molecule has 0 aliphatic heterocycles. The molecule has 0 radical (unpaired) electrons. The van der Waals surface area contributed by atoms with Crippen LogP contribution in [0.4, 0.5) is 13.2 Å². The molecule has 0 aliphatic rings. The van der Waals surface area contributed by atoms with Gasteiger partial charge in [-0.2, -0.15) is 18.3 Å². The summed E-state index contributed by atoms with van der Waals surface area (Å²) in [4.78, 5) is 1.85. The van der Waals surface area contributed by atoms with E-state index >= 15 is 0 Å². The van der Waals surface area contributed by atoms with Crippen LogP contribution in [0.5, 0.6) is 0 Å². The minimum absolute atomic E-state index is 0.491. The van der Waals surface area contributed by atoms with Crippen LogP contribution in [0, 0.1) is 6.92 Å². The van der Waals surface area contributed by atoms with Crippen molar-refractivity contribution in [3.05, 3.63) is 28.8 Å². The van der Waals surface area contributed by atoms with Crippen molar-refractivity contribution in [1.29, 1.82) is 0 Å². The van der Waals surface area contributed by atoms with E-state index < -0.39 is 11.9 Å². The minimum Gasteiger partial charge on any atom is -0.267 e. The molecule has 0 atom stereocenters. The third kappa shape index (κ3) is 3.13.